The smallest absolute Gasteiger partial charge is 0.306 e. The second-order valence-corrected chi connectivity index (χ2v) is 9.66. The summed E-state index contributed by atoms with van der Waals surface area (Å²) in [6.45, 7) is 9.88. The van der Waals surface area contributed by atoms with Crippen LogP contribution >= 0.6 is 0 Å². The van der Waals surface area contributed by atoms with E-state index in [4.69, 9.17) is 28.7 Å². The molecule has 3 aromatic rings. The Kier molecular flexibility index (Phi) is 10.3. The summed E-state index contributed by atoms with van der Waals surface area (Å²) < 4.78 is 29.4. The van der Waals surface area contributed by atoms with Crippen LogP contribution in [0.2, 0.25) is 0 Å². The lowest BCUT2D eigenvalue weighted by atomic mass is 10.1. The number of esters is 1. The maximum Gasteiger partial charge on any atom is 0.306 e. The van der Waals surface area contributed by atoms with Gasteiger partial charge in [0, 0.05) is 39.3 Å². The molecule has 0 bridgehead atoms. The minimum absolute atomic E-state index is 0.161. The van der Waals surface area contributed by atoms with Gasteiger partial charge < -0.3 is 29.0 Å². The Hall–Kier alpha value is -3.18. The fraction of sp³-hybridized carbons (Fsp3) is 0.615. The number of ether oxygens (including phenoxy) is 5. The first-order valence-corrected chi connectivity index (χ1v) is 12.6. The van der Waals surface area contributed by atoms with E-state index in [2.05, 4.69) is 15.5 Å². The van der Waals surface area contributed by atoms with Gasteiger partial charge in [0.1, 0.15) is 24.6 Å². The molecular weight excluding hydrogens is 478 g/mol. The zero-order valence-corrected chi connectivity index (χ0v) is 22.8. The van der Waals surface area contributed by atoms with E-state index in [-0.39, 0.29) is 5.97 Å². The number of hydrogen-bond donors (Lipinski definition) is 1. The molecule has 1 N–H and O–H groups in total. The molecular formula is C26H39N5O6. The Morgan fingerprint density at radius 3 is 2.27 bits per heavy atom. The molecule has 204 valence electrons. The van der Waals surface area contributed by atoms with Crippen molar-refractivity contribution in [3.05, 3.63) is 18.0 Å². The molecule has 0 atom stereocenters. The average Bonchev–Trinajstić information content (AvgIpc) is 3.22. The predicted octanol–water partition coefficient (Wildman–Crippen LogP) is 3.95. The van der Waals surface area contributed by atoms with Gasteiger partial charge in [0.15, 0.2) is 17.3 Å². The van der Waals surface area contributed by atoms with Crippen molar-refractivity contribution in [1.29, 1.82) is 0 Å². The first-order chi connectivity index (χ1) is 17.7. The number of carbonyl (C=O) groups is 1. The highest BCUT2D eigenvalue weighted by Gasteiger charge is 2.18. The molecule has 1 aromatic carbocycles. The molecule has 11 heteroatoms. The number of benzene rings is 1. The van der Waals surface area contributed by atoms with Crippen molar-refractivity contribution >= 4 is 28.5 Å². The molecule has 0 fully saturated rings. The molecule has 0 radical (unpaired) electrons. The molecule has 3 rings (SSSR count). The summed E-state index contributed by atoms with van der Waals surface area (Å²) in [4.78, 5) is 16.7. The number of carbonyl (C=O) groups excluding carboxylic acids is 1. The van der Waals surface area contributed by atoms with Gasteiger partial charge in [0.25, 0.3) is 0 Å². The summed E-state index contributed by atoms with van der Waals surface area (Å²) in [5, 5.41) is 12.0. The van der Waals surface area contributed by atoms with Crippen molar-refractivity contribution < 1.29 is 28.5 Å². The SMILES string of the molecule is COCCOc1cc2nc(NCCCCCC(=O)OC(C)(C)C)c3nnc(C)n3c2cc1OCCOC. The van der Waals surface area contributed by atoms with E-state index < -0.39 is 5.60 Å². The molecule has 0 spiro atoms. The highest BCUT2D eigenvalue weighted by molar-refractivity contribution is 5.85. The van der Waals surface area contributed by atoms with Crippen LogP contribution < -0.4 is 14.8 Å². The number of unbranched alkanes of at least 4 members (excludes halogenated alkanes) is 2. The van der Waals surface area contributed by atoms with Crippen molar-refractivity contribution in [2.24, 2.45) is 0 Å². The van der Waals surface area contributed by atoms with Gasteiger partial charge in [-0.05, 0) is 40.5 Å². The average molecular weight is 518 g/mol. The second-order valence-electron chi connectivity index (χ2n) is 9.66. The van der Waals surface area contributed by atoms with Crippen LogP contribution in [0.5, 0.6) is 11.5 Å². The number of aromatic nitrogens is 4. The minimum Gasteiger partial charge on any atom is -0.487 e. The number of methoxy groups -OCH3 is 2. The number of anilines is 1. The lowest BCUT2D eigenvalue weighted by Crippen LogP contribution is -2.23. The molecule has 0 unspecified atom stereocenters. The molecule has 11 nitrogen and oxygen atoms in total. The third kappa shape index (κ3) is 8.16. The molecule has 0 aliphatic heterocycles. The van der Waals surface area contributed by atoms with E-state index in [1.165, 1.54) is 0 Å². The van der Waals surface area contributed by atoms with Crippen molar-refractivity contribution in [3.8, 4) is 11.5 Å². The van der Waals surface area contributed by atoms with Crippen molar-refractivity contribution in [1.82, 2.24) is 19.6 Å². The fourth-order valence-electron chi connectivity index (χ4n) is 3.77. The van der Waals surface area contributed by atoms with Gasteiger partial charge in [-0.1, -0.05) is 6.42 Å². The summed E-state index contributed by atoms with van der Waals surface area (Å²) in [5.74, 6) is 2.37. The van der Waals surface area contributed by atoms with E-state index >= 15 is 0 Å². The van der Waals surface area contributed by atoms with Gasteiger partial charge >= 0.3 is 5.97 Å². The van der Waals surface area contributed by atoms with Crippen molar-refractivity contribution in [2.75, 3.05) is 52.5 Å². The summed E-state index contributed by atoms with van der Waals surface area (Å²) in [5.41, 5.74) is 1.71. The lowest BCUT2D eigenvalue weighted by Gasteiger charge is -2.19. The highest BCUT2D eigenvalue weighted by atomic mass is 16.6. The summed E-state index contributed by atoms with van der Waals surface area (Å²) in [7, 11) is 3.26. The van der Waals surface area contributed by atoms with E-state index in [9.17, 15) is 4.79 Å². The standard InChI is InChI=1S/C26H39N5O6/c1-18-29-30-25-24(27-11-9-7-8-10-23(32)37-26(2,3)4)28-19-16-21(35-14-12-33-5)22(36-15-13-34-6)17-20(19)31(18)25/h16-17H,7-15H2,1-6H3,(H,27,28). The Bertz CT molecular complexity index is 1170. The molecule has 37 heavy (non-hydrogen) atoms. The number of rotatable bonds is 15. The van der Waals surface area contributed by atoms with Crippen LogP contribution in [0.15, 0.2) is 12.1 Å². The van der Waals surface area contributed by atoms with Crippen LogP contribution in [0.25, 0.3) is 16.7 Å². The number of aryl methyl sites for hydroxylation is 1. The predicted molar refractivity (Wildman–Crippen MR) is 141 cm³/mol. The third-order valence-electron chi connectivity index (χ3n) is 5.41. The van der Waals surface area contributed by atoms with Crippen LogP contribution in [0.1, 0.15) is 52.3 Å². The third-order valence-corrected chi connectivity index (χ3v) is 5.41. The van der Waals surface area contributed by atoms with E-state index in [0.29, 0.717) is 67.9 Å². The first-order valence-electron chi connectivity index (χ1n) is 12.6. The number of nitrogens with zero attached hydrogens (tertiary/aromatic N) is 4. The normalized spacial score (nSPS) is 11.7. The van der Waals surface area contributed by atoms with Crippen LogP contribution in [0.3, 0.4) is 0 Å². The largest absolute Gasteiger partial charge is 0.487 e. The zero-order valence-electron chi connectivity index (χ0n) is 22.8. The van der Waals surface area contributed by atoms with Crippen molar-refractivity contribution in [2.45, 2.75) is 59.0 Å². The molecule has 0 amide bonds. The second kappa shape index (κ2) is 13.4. The summed E-state index contributed by atoms with van der Waals surface area (Å²) >= 11 is 0. The molecule has 0 aliphatic rings. The van der Waals surface area contributed by atoms with Gasteiger partial charge in [0.05, 0.1) is 24.2 Å². The van der Waals surface area contributed by atoms with Crippen LogP contribution in [0, 0.1) is 6.92 Å². The number of fused-ring (bicyclic) bond motifs is 3. The number of nitrogens with one attached hydrogen (secondary N) is 1. The Labute approximate surface area is 217 Å². The number of hydrogen-bond acceptors (Lipinski definition) is 10. The topological polar surface area (TPSA) is 118 Å². The van der Waals surface area contributed by atoms with Gasteiger partial charge in [-0.2, -0.15) is 0 Å². The Morgan fingerprint density at radius 1 is 0.946 bits per heavy atom. The maximum absolute atomic E-state index is 11.9. The molecule has 2 heterocycles. The van der Waals surface area contributed by atoms with E-state index in [0.717, 1.165) is 30.6 Å². The van der Waals surface area contributed by atoms with E-state index in [1.54, 1.807) is 14.2 Å². The molecule has 2 aromatic heterocycles. The maximum atomic E-state index is 11.9. The summed E-state index contributed by atoms with van der Waals surface area (Å²) in [6, 6.07) is 3.75. The Balaban J connectivity index is 1.75. The van der Waals surface area contributed by atoms with E-state index in [1.807, 2.05) is 44.2 Å². The quantitative estimate of drug-likeness (QED) is 0.234. The van der Waals surface area contributed by atoms with Crippen LogP contribution in [-0.4, -0.2) is 78.3 Å². The fourth-order valence-corrected chi connectivity index (χ4v) is 3.77. The highest BCUT2D eigenvalue weighted by Crippen LogP contribution is 2.34. The molecule has 0 saturated heterocycles. The Morgan fingerprint density at radius 2 is 1.62 bits per heavy atom. The monoisotopic (exact) mass is 517 g/mol. The molecule has 0 saturated carbocycles. The molecule has 0 aliphatic carbocycles. The lowest BCUT2D eigenvalue weighted by molar-refractivity contribution is -0.154. The minimum atomic E-state index is -0.451. The van der Waals surface area contributed by atoms with Crippen LogP contribution in [-0.2, 0) is 19.0 Å². The van der Waals surface area contributed by atoms with Gasteiger partial charge in [0.2, 0.25) is 5.65 Å². The summed E-state index contributed by atoms with van der Waals surface area (Å²) in [6.07, 6.45) is 2.95. The first kappa shape index (κ1) is 28.4. The van der Waals surface area contributed by atoms with Gasteiger partial charge in [-0.25, -0.2) is 4.98 Å². The zero-order chi connectivity index (χ0) is 26.8. The van der Waals surface area contributed by atoms with Crippen LogP contribution in [0.4, 0.5) is 5.82 Å². The van der Waals surface area contributed by atoms with Gasteiger partial charge in [-0.3, -0.25) is 9.20 Å². The van der Waals surface area contributed by atoms with Crippen molar-refractivity contribution in [3.63, 3.8) is 0 Å². The van der Waals surface area contributed by atoms with Gasteiger partial charge in [-0.15, -0.1) is 10.2 Å².